The Morgan fingerprint density at radius 3 is 1.21 bits per heavy atom. The van der Waals surface area contributed by atoms with Crippen LogP contribution in [-0.4, -0.2) is 42.5 Å². The van der Waals surface area contributed by atoms with Crippen molar-refractivity contribution in [1.82, 2.24) is 9.13 Å². The van der Waals surface area contributed by atoms with Gasteiger partial charge in [-0.15, -0.1) is 0 Å². The Balaban J connectivity index is 1.40. The summed E-state index contributed by atoms with van der Waals surface area (Å²) in [6.07, 6.45) is -0.800. The third kappa shape index (κ3) is 9.26. The number of nitrogens with zero attached hydrogens (tertiary/aromatic N) is 2. The molecule has 2 unspecified atom stereocenters. The second-order valence-corrected chi connectivity index (χ2v) is 18.4. The van der Waals surface area contributed by atoms with E-state index in [1.165, 1.54) is 9.13 Å². The lowest BCUT2D eigenvalue weighted by Gasteiger charge is -2.29. The molecule has 0 aliphatic heterocycles. The highest BCUT2D eigenvalue weighted by Gasteiger charge is 2.35. The van der Waals surface area contributed by atoms with Gasteiger partial charge in [0, 0.05) is 36.0 Å². The zero-order valence-corrected chi connectivity index (χ0v) is 37.4. The first-order chi connectivity index (χ1) is 28.5. The number of ether oxygens (including phenoxy) is 2. The summed E-state index contributed by atoms with van der Waals surface area (Å²) < 4.78 is 15.1. The Bertz CT molecular complexity index is 2640. The summed E-state index contributed by atoms with van der Waals surface area (Å²) >= 11 is 0. The molecular weight excluding hydrogens is 769 g/mol. The van der Waals surface area contributed by atoms with Crippen molar-refractivity contribution >= 4 is 33.5 Å². The first kappa shape index (κ1) is 44.7. The van der Waals surface area contributed by atoms with E-state index in [2.05, 4.69) is 0 Å². The number of fused-ring (bicyclic) bond motifs is 2. The predicted molar refractivity (Wildman–Crippen MR) is 243 cm³/mol. The van der Waals surface area contributed by atoms with Crippen molar-refractivity contribution < 1.29 is 29.3 Å². The summed E-state index contributed by atoms with van der Waals surface area (Å²) in [5, 5.41) is 23.2. The lowest BCUT2D eigenvalue weighted by molar-refractivity contribution is -0.161. The summed E-state index contributed by atoms with van der Waals surface area (Å²) in [6, 6.07) is 23.6. The SMILES string of the molecule is Cc1ccc(-c2c(C(OC(C)(C)C)C(=O)O)n(C)c(=O)c3cc(CCCc4ccc5c(-c6ccc(C)c(C)c6)c(C(OC(C)(C)C)C(=O)O)n(C)c(=O)c5c4)ccc23)cc1C. The molecule has 0 fully saturated rings. The average Bonchev–Trinajstić information content (AvgIpc) is 3.17. The van der Waals surface area contributed by atoms with Crippen LogP contribution in [0, 0.1) is 27.7 Å². The Labute approximate surface area is 357 Å². The molecule has 4 aromatic carbocycles. The van der Waals surface area contributed by atoms with Gasteiger partial charge in [-0.05, 0) is 156 Å². The van der Waals surface area contributed by atoms with Gasteiger partial charge in [0.1, 0.15) is 0 Å². The highest BCUT2D eigenvalue weighted by atomic mass is 16.5. The molecule has 2 atom stereocenters. The lowest BCUT2D eigenvalue weighted by Crippen LogP contribution is -2.33. The smallest absolute Gasteiger partial charge is 0.339 e. The molecule has 0 radical (unpaired) electrons. The van der Waals surface area contributed by atoms with Gasteiger partial charge in [0.25, 0.3) is 11.1 Å². The van der Waals surface area contributed by atoms with Gasteiger partial charge in [0.2, 0.25) is 0 Å². The second-order valence-electron chi connectivity index (χ2n) is 18.4. The molecule has 6 rings (SSSR count). The van der Waals surface area contributed by atoms with Crippen molar-refractivity contribution in [1.29, 1.82) is 0 Å². The maximum Gasteiger partial charge on any atom is 0.339 e. The van der Waals surface area contributed by atoms with Crippen LogP contribution in [0.25, 0.3) is 43.8 Å². The fourth-order valence-corrected chi connectivity index (χ4v) is 8.14. The van der Waals surface area contributed by atoms with Crippen LogP contribution in [0.15, 0.2) is 82.4 Å². The van der Waals surface area contributed by atoms with E-state index in [1.807, 2.05) is 100 Å². The number of hydrogen-bond acceptors (Lipinski definition) is 6. The number of aryl methyl sites for hydroxylation is 6. The van der Waals surface area contributed by atoms with E-state index in [0.29, 0.717) is 51.9 Å². The third-order valence-corrected chi connectivity index (χ3v) is 11.4. The van der Waals surface area contributed by atoms with Crippen LogP contribution >= 0.6 is 0 Å². The number of carbonyl (C=O) groups is 2. The summed E-state index contributed by atoms with van der Waals surface area (Å²) in [7, 11) is 3.21. The Kier molecular flexibility index (Phi) is 12.4. The van der Waals surface area contributed by atoms with Crippen molar-refractivity contribution in [2.45, 2.75) is 112 Å². The number of carboxylic acid groups (broad SMARTS) is 2. The summed E-state index contributed by atoms with van der Waals surface area (Å²) in [5.41, 5.74) is 7.38. The van der Waals surface area contributed by atoms with Gasteiger partial charge in [0.15, 0.2) is 12.2 Å². The molecule has 320 valence electrons. The predicted octanol–water partition coefficient (Wildman–Crippen LogP) is 10.0. The van der Waals surface area contributed by atoms with Gasteiger partial charge >= 0.3 is 11.9 Å². The molecule has 2 aromatic heterocycles. The first-order valence-corrected chi connectivity index (χ1v) is 20.7. The van der Waals surface area contributed by atoms with Crippen molar-refractivity contribution in [2.75, 3.05) is 0 Å². The van der Waals surface area contributed by atoms with Crippen LogP contribution in [0.1, 0.15) is 105 Å². The van der Waals surface area contributed by atoms with E-state index in [0.717, 1.165) is 44.5 Å². The van der Waals surface area contributed by atoms with E-state index < -0.39 is 35.3 Å². The number of benzene rings is 4. The molecule has 2 N–H and O–H groups in total. The van der Waals surface area contributed by atoms with Crippen LogP contribution < -0.4 is 11.1 Å². The molecular formula is C51H58N2O8. The topological polar surface area (TPSA) is 137 Å². The Hall–Kier alpha value is -5.84. The largest absolute Gasteiger partial charge is 0.479 e. The molecule has 10 heteroatoms. The molecule has 0 bridgehead atoms. The molecule has 0 aliphatic carbocycles. The maximum absolute atomic E-state index is 14.2. The fraction of sp³-hybridized carbons (Fsp3) is 0.373. The molecule has 6 aromatic rings. The second kappa shape index (κ2) is 16.9. The van der Waals surface area contributed by atoms with Gasteiger partial charge in [-0.2, -0.15) is 0 Å². The molecule has 2 heterocycles. The van der Waals surface area contributed by atoms with E-state index in [1.54, 1.807) is 55.6 Å². The quantitative estimate of drug-likeness (QED) is 0.124. The van der Waals surface area contributed by atoms with Crippen molar-refractivity contribution in [3.63, 3.8) is 0 Å². The molecule has 0 amide bonds. The summed E-state index contributed by atoms with van der Waals surface area (Å²) in [4.78, 5) is 53.9. The van der Waals surface area contributed by atoms with E-state index in [4.69, 9.17) is 9.47 Å². The number of aromatic nitrogens is 2. The highest BCUT2D eigenvalue weighted by Crippen LogP contribution is 2.40. The monoisotopic (exact) mass is 826 g/mol. The van der Waals surface area contributed by atoms with Gasteiger partial charge < -0.3 is 28.8 Å². The molecule has 0 saturated heterocycles. The molecule has 0 aliphatic rings. The molecule has 61 heavy (non-hydrogen) atoms. The molecule has 0 spiro atoms. The van der Waals surface area contributed by atoms with Crippen molar-refractivity contribution in [2.24, 2.45) is 14.1 Å². The Morgan fingerprint density at radius 2 is 0.902 bits per heavy atom. The zero-order valence-electron chi connectivity index (χ0n) is 37.4. The van der Waals surface area contributed by atoms with Crippen molar-refractivity contribution in [3.05, 3.63) is 138 Å². The number of aliphatic carboxylic acids is 2. The summed E-state index contributed by atoms with van der Waals surface area (Å²) in [5.74, 6) is -2.36. The minimum Gasteiger partial charge on any atom is -0.479 e. The Morgan fingerprint density at radius 1 is 0.541 bits per heavy atom. The number of pyridine rings is 2. The van der Waals surface area contributed by atoms with Gasteiger partial charge in [-0.25, -0.2) is 9.59 Å². The van der Waals surface area contributed by atoms with Crippen LogP contribution in [0.3, 0.4) is 0 Å². The van der Waals surface area contributed by atoms with Gasteiger partial charge in [0.05, 0.1) is 22.6 Å². The zero-order chi connectivity index (χ0) is 44.9. The van der Waals surface area contributed by atoms with Crippen LogP contribution in [0.2, 0.25) is 0 Å². The van der Waals surface area contributed by atoms with Gasteiger partial charge in [-0.1, -0.05) is 60.7 Å². The van der Waals surface area contributed by atoms with Crippen molar-refractivity contribution in [3.8, 4) is 22.3 Å². The number of carboxylic acids is 2. The minimum atomic E-state index is -1.39. The van der Waals surface area contributed by atoms with E-state index in [9.17, 15) is 29.4 Å². The van der Waals surface area contributed by atoms with Gasteiger partial charge in [-0.3, -0.25) is 9.59 Å². The van der Waals surface area contributed by atoms with E-state index >= 15 is 0 Å². The maximum atomic E-state index is 14.2. The fourth-order valence-electron chi connectivity index (χ4n) is 8.14. The number of rotatable bonds is 12. The molecule has 0 saturated carbocycles. The van der Waals surface area contributed by atoms with E-state index in [-0.39, 0.29) is 22.5 Å². The lowest BCUT2D eigenvalue weighted by atomic mass is 9.90. The summed E-state index contributed by atoms with van der Waals surface area (Å²) in [6.45, 7) is 18.8. The van der Waals surface area contributed by atoms with Crippen LogP contribution in [0.4, 0.5) is 0 Å². The molecule has 10 nitrogen and oxygen atoms in total. The van der Waals surface area contributed by atoms with Crippen LogP contribution in [0.5, 0.6) is 0 Å². The normalized spacial score (nSPS) is 13.2. The number of hydrogen-bond donors (Lipinski definition) is 2. The highest BCUT2D eigenvalue weighted by molar-refractivity contribution is 6.00. The third-order valence-electron chi connectivity index (χ3n) is 11.4. The minimum absolute atomic E-state index is 0.284. The first-order valence-electron chi connectivity index (χ1n) is 20.7. The average molecular weight is 827 g/mol. The standard InChI is InChI=1S/C51H58N2O8/c1-28-16-20-34(24-30(28)3)40-36-22-18-32(26-38(36)46(54)52(11)42(40)44(48(56)57)60-50(5,6)7)14-13-15-33-19-23-37-39(27-33)47(55)53(12)43(45(49(58)59)61-51(8,9)10)41(37)35-21-17-29(2)31(4)25-35/h16-27,44-45H,13-15H2,1-12H3,(H,56,57)(H,58,59). The van der Waals surface area contributed by atoms with Crippen LogP contribution in [-0.2, 0) is 46.0 Å².